The maximum atomic E-state index is 10.3. The summed E-state index contributed by atoms with van der Waals surface area (Å²) >= 11 is 0. The molecule has 0 saturated heterocycles. The maximum absolute atomic E-state index is 10.3. The minimum absolute atomic E-state index is 0.0106. The third-order valence-corrected chi connectivity index (χ3v) is 2.87. The van der Waals surface area contributed by atoms with E-state index in [-0.39, 0.29) is 37.6 Å². The summed E-state index contributed by atoms with van der Waals surface area (Å²) in [7, 11) is 0. The van der Waals surface area contributed by atoms with Crippen LogP contribution >= 0.6 is 0 Å². The fourth-order valence-corrected chi connectivity index (χ4v) is 1.61. The van der Waals surface area contributed by atoms with Gasteiger partial charge < -0.3 is 30.3 Å². The Balaban J connectivity index is 0.000000441. The molecule has 0 heterocycles. The zero-order chi connectivity index (χ0) is 18.4. The van der Waals surface area contributed by atoms with E-state index in [1.165, 1.54) is 24.3 Å². The van der Waals surface area contributed by atoms with Gasteiger partial charge in [0, 0.05) is 6.61 Å². The fourth-order valence-electron chi connectivity index (χ4n) is 1.61. The van der Waals surface area contributed by atoms with Crippen LogP contribution in [0.2, 0.25) is 0 Å². The molecule has 0 bridgehead atoms. The second-order valence-corrected chi connectivity index (χ2v) is 4.86. The summed E-state index contributed by atoms with van der Waals surface area (Å²) < 4.78 is 4.91. The normalized spacial score (nSPS) is 11.3. The number of carboxylic acids is 2. The smallest absolute Gasteiger partial charge is 0.335 e. The van der Waals surface area contributed by atoms with Crippen molar-refractivity contribution in [2.75, 3.05) is 26.4 Å². The second-order valence-electron chi connectivity index (χ2n) is 4.86. The van der Waals surface area contributed by atoms with Crippen molar-refractivity contribution < 1.29 is 39.9 Å². The monoisotopic (exact) mass is 344 g/mol. The Labute approximate surface area is 139 Å². The van der Waals surface area contributed by atoms with Gasteiger partial charge in [-0.25, -0.2) is 9.59 Å². The molecule has 0 amide bonds. The summed E-state index contributed by atoms with van der Waals surface area (Å²) in [5.41, 5.74) is 0.167. The van der Waals surface area contributed by atoms with E-state index < -0.39 is 18.0 Å². The van der Waals surface area contributed by atoms with Crippen molar-refractivity contribution in [1.29, 1.82) is 0 Å². The molecule has 0 spiro atoms. The molecule has 0 saturated carbocycles. The number of rotatable bonds is 10. The largest absolute Gasteiger partial charge is 0.478 e. The van der Waals surface area contributed by atoms with Crippen molar-refractivity contribution in [3.63, 3.8) is 0 Å². The highest BCUT2D eigenvalue weighted by atomic mass is 16.5. The van der Waals surface area contributed by atoms with Gasteiger partial charge in [-0.15, -0.1) is 0 Å². The van der Waals surface area contributed by atoms with E-state index in [1.807, 2.05) is 0 Å². The van der Waals surface area contributed by atoms with E-state index in [2.05, 4.69) is 0 Å². The molecule has 1 atom stereocenters. The predicted molar refractivity (Wildman–Crippen MR) is 85.2 cm³/mol. The van der Waals surface area contributed by atoms with Gasteiger partial charge in [0.1, 0.15) is 0 Å². The van der Waals surface area contributed by atoms with Crippen LogP contribution in [0.4, 0.5) is 0 Å². The number of aliphatic hydroxyl groups is 3. The van der Waals surface area contributed by atoms with Crippen LogP contribution in [0.15, 0.2) is 24.3 Å². The van der Waals surface area contributed by atoms with Crippen LogP contribution < -0.4 is 0 Å². The molecule has 0 aliphatic heterocycles. The molecule has 136 valence electrons. The lowest BCUT2D eigenvalue weighted by atomic mass is 10.1. The number of hydrogen-bond acceptors (Lipinski definition) is 6. The lowest BCUT2D eigenvalue weighted by Crippen LogP contribution is -2.16. The van der Waals surface area contributed by atoms with Crippen molar-refractivity contribution in [3.8, 4) is 0 Å². The number of ether oxygens (including phenoxy) is 1. The van der Waals surface area contributed by atoms with Crippen LogP contribution in [0.5, 0.6) is 0 Å². The Morgan fingerprint density at radius 2 is 1.42 bits per heavy atom. The van der Waals surface area contributed by atoms with Crippen LogP contribution in [0.1, 0.15) is 40.0 Å². The molecule has 1 rings (SSSR count). The van der Waals surface area contributed by atoms with Crippen molar-refractivity contribution in [2.24, 2.45) is 0 Å². The first-order valence-electron chi connectivity index (χ1n) is 7.46. The van der Waals surface area contributed by atoms with Crippen molar-refractivity contribution >= 4 is 11.9 Å². The molecule has 1 aromatic rings. The molecule has 0 fully saturated rings. The molecule has 1 unspecified atom stereocenters. The van der Waals surface area contributed by atoms with Gasteiger partial charge in [0.25, 0.3) is 0 Å². The maximum Gasteiger partial charge on any atom is 0.335 e. The molecule has 1 aromatic carbocycles. The first-order valence-corrected chi connectivity index (χ1v) is 7.46. The highest BCUT2D eigenvalue weighted by Gasteiger charge is 2.05. The Bertz CT molecular complexity index is 428. The molecule has 8 nitrogen and oxygen atoms in total. The summed E-state index contributed by atoms with van der Waals surface area (Å²) in [6.07, 6.45) is 1.70. The summed E-state index contributed by atoms with van der Waals surface area (Å²) in [6, 6.07) is 5.02. The third-order valence-electron chi connectivity index (χ3n) is 2.87. The van der Waals surface area contributed by atoms with E-state index in [4.69, 9.17) is 25.2 Å². The standard InChI is InChI=1S/C8H6O4.C8H18O4/c9-7(10)5-1-2-6(4-3-5)8(11)12;9-4-2-1-3-8(11)7-12-6-5-10/h1-4H,(H,9,10)(H,11,12);8-11H,1-7H2. The van der Waals surface area contributed by atoms with Gasteiger partial charge in [0.15, 0.2) is 0 Å². The quantitative estimate of drug-likeness (QED) is 0.388. The summed E-state index contributed by atoms with van der Waals surface area (Å²) in [4.78, 5) is 20.7. The average Bonchev–Trinajstić information content (AvgIpc) is 2.56. The molecule has 0 aliphatic rings. The Kier molecular flexibility index (Phi) is 12.3. The molecule has 5 N–H and O–H groups in total. The predicted octanol–water partition coefficient (Wildman–Crippen LogP) is 0.602. The van der Waals surface area contributed by atoms with Crippen LogP contribution in [0.25, 0.3) is 0 Å². The number of unbranched alkanes of at least 4 members (excludes halogenated alkanes) is 1. The first kappa shape index (κ1) is 22.0. The molecular formula is C16H24O8. The zero-order valence-electron chi connectivity index (χ0n) is 13.3. The Hall–Kier alpha value is -2.00. The van der Waals surface area contributed by atoms with Crippen molar-refractivity contribution in [1.82, 2.24) is 0 Å². The van der Waals surface area contributed by atoms with Gasteiger partial charge in [0.2, 0.25) is 0 Å². The van der Waals surface area contributed by atoms with Gasteiger partial charge in [-0.05, 0) is 43.5 Å². The van der Waals surface area contributed by atoms with Crippen LogP contribution in [0, 0.1) is 0 Å². The summed E-state index contributed by atoms with van der Waals surface area (Å²) in [5, 5.41) is 42.9. The third kappa shape index (κ3) is 10.7. The van der Waals surface area contributed by atoms with Gasteiger partial charge >= 0.3 is 11.9 Å². The van der Waals surface area contributed by atoms with Gasteiger partial charge in [-0.1, -0.05) is 0 Å². The average molecular weight is 344 g/mol. The van der Waals surface area contributed by atoms with Gasteiger partial charge in [0.05, 0.1) is 37.1 Å². The van der Waals surface area contributed by atoms with E-state index in [1.54, 1.807) is 0 Å². The summed E-state index contributed by atoms with van der Waals surface area (Å²) in [5.74, 6) is -2.13. The number of hydrogen-bond donors (Lipinski definition) is 5. The van der Waals surface area contributed by atoms with E-state index in [0.29, 0.717) is 6.42 Å². The van der Waals surface area contributed by atoms with Gasteiger partial charge in [-0.3, -0.25) is 0 Å². The minimum atomic E-state index is -1.06. The number of aliphatic hydroxyl groups excluding tert-OH is 3. The van der Waals surface area contributed by atoms with Crippen LogP contribution in [-0.4, -0.2) is 70.0 Å². The van der Waals surface area contributed by atoms with Crippen molar-refractivity contribution in [3.05, 3.63) is 35.4 Å². The van der Waals surface area contributed by atoms with Crippen molar-refractivity contribution in [2.45, 2.75) is 25.4 Å². The Morgan fingerprint density at radius 1 is 0.917 bits per heavy atom. The highest BCUT2D eigenvalue weighted by Crippen LogP contribution is 2.03. The molecular weight excluding hydrogens is 320 g/mol. The first-order chi connectivity index (χ1) is 11.4. The lowest BCUT2D eigenvalue weighted by Gasteiger charge is -2.09. The van der Waals surface area contributed by atoms with E-state index >= 15 is 0 Å². The minimum Gasteiger partial charge on any atom is -0.478 e. The van der Waals surface area contributed by atoms with Crippen LogP contribution in [0.3, 0.4) is 0 Å². The van der Waals surface area contributed by atoms with E-state index in [9.17, 15) is 14.7 Å². The van der Waals surface area contributed by atoms with Gasteiger partial charge in [-0.2, -0.15) is 0 Å². The fraction of sp³-hybridized carbons (Fsp3) is 0.500. The summed E-state index contributed by atoms with van der Waals surface area (Å²) in [6.45, 7) is 0.705. The molecule has 0 aromatic heterocycles. The number of carbonyl (C=O) groups is 2. The zero-order valence-corrected chi connectivity index (χ0v) is 13.3. The highest BCUT2D eigenvalue weighted by molar-refractivity contribution is 5.91. The SMILES string of the molecule is O=C(O)c1ccc(C(=O)O)cc1.OCCCCC(O)COCCO. The molecule has 24 heavy (non-hydrogen) atoms. The molecule has 0 aliphatic carbocycles. The Morgan fingerprint density at radius 3 is 1.79 bits per heavy atom. The van der Waals surface area contributed by atoms with Crippen LogP contribution in [-0.2, 0) is 4.74 Å². The number of aromatic carboxylic acids is 2. The number of benzene rings is 1. The molecule has 0 radical (unpaired) electrons. The lowest BCUT2D eigenvalue weighted by molar-refractivity contribution is 0.0166. The topological polar surface area (TPSA) is 145 Å². The number of carboxylic acid groups (broad SMARTS) is 2. The second kappa shape index (κ2) is 13.4. The van der Waals surface area contributed by atoms with E-state index in [0.717, 1.165) is 12.8 Å². The molecule has 8 heteroatoms.